The smallest absolute Gasteiger partial charge is 0.0601 e. The van der Waals surface area contributed by atoms with Crippen LogP contribution in [-0.4, -0.2) is 48.8 Å². The van der Waals surface area contributed by atoms with Crippen LogP contribution in [0.5, 0.6) is 0 Å². The van der Waals surface area contributed by atoms with Gasteiger partial charge in [0.25, 0.3) is 0 Å². The summed E-state index contributed by atoms with van der Waals surface area (Å²) >= 11 is 0. The number of methoxy groups -OCH3 is 1. The van der Waals surface area contributed by atoms with Gasteiger partial charge < -0.3 is 10.1 Å². The first-order valence-corrected chi connectivity index (χ1v) is 8.67. The first kappa shape index (κ1) is 14.8. The highest BCUT2D eigenvalue weighted by Gasteiger charge is 2.45. The SMILES string of the molecule is COC1CC(N2CC3(CCCCC3)NCC2C(C)C)C1. The van der Waals surface area contributed by atoms with Crippen LogP contribution in [0.3, 0.4) is 0 Å². The van der Waals surface area contributed by atoms with E-state index in [2.05, 4.69) is 24.1 Å². The van der Waals surface area contributed by atoms with Gasteiger partial charge in [-0.3, -0.25) is 4.90 Å². The van der Waals surface area contributed by atoms with Gasteiger partial charge in [-0.15, -0.1) is 0 Å². The molecule has 3 nitrogen and oxygen atoms in total. The molecule has 0 bridgehead atoms. The van der Waals surface area contributed by atoms with E-state index in [0.29, 0.717) is 17.7 Å². The minimum absolute atomic E-state index is 0.432. The van der Waals surface area contributed by atoms with Crippen LogP contribution in [0.1, 0.15) is 58.8 Å². The van der Waals surface area contributed by atoms with E-state index < -0.39 is 0 Å². The van der Waals surface area contributed by atoms with Crippen LogP contribution in [0.2, 0.25) is 0 Å². The van der Waals surface area contributed by atoms with E-state index in [1.165, 1.54) is 58.0 Å². The van der Waals surface area contributed by atoms with E-state index in [0.717, 1.165) is 12.0 Å². The lowest BCUT2D eigenvalue weighted by Gasteiger charge is -2.56. The van der Waals surface area contributed by atoms with Crippen molar-refractivity contribution < 1.29 is 4.74 Å². The molecule has 0 aromatic carbocycles. The third kappa shape index (κ3) is 2.77. The van der Waals surface area contributed by atoms with Crippen LogP contribution < -0.4 is 5.32 Å². The summed E-state index contributed by atoms with van der Waals surface area (Å²) in [6.45, 7) is 7.22. The van der Waals surface area contributed by atoms with Crippen LogP contribution in [0.25, 0.3) is 0 Å². The summed E-state index contributed by atoms with van der Waals surface area (Å²) in [7, 11) is 1.86. The number of hydrogen-bond donors (Lipinski definition) is 1. The molecule has 3 aliphatic rings. The summed E-state index contributed by atoms with van der Waals surface area (Å²) in [5.41, 5.74) is 0.432. The monoisotopic (exact) mass is 280 g/mol. The standard InChI is InChI=1S/C17H32N2O/c1-13(2)16-11-18-17(7-5-4-6-8-17)12-19(16)14-9-15(10-14)20-3/h13-16,18H,4-12H2,1-3H3. The van der Waals surface area contributed by atoms with Crippen molar-refractivity contribution in [3.05, 3.63) is 0 Å². The first-order valence-electron chi connectivity index (χ1n) is 8.67. The summed E-state index contributed by atoms with van der Waals surface area (Å²) in [6.07, 6.45) is 10.0. The molecule has 0 aromatic heterocycles. The Labute approximate surface area is 124 Å². The Hall–Kier alpha value is -0.120. The van der Waals surface area contributed by atoms with Crippen molar-refractivity contribution >= 4 is 0 Å². The van der Waals surface area contributed by atoms with Crippen LogP contribution in [0, 0.1) is 5.92 Å². The minimum Gasteiger partial charge on any atom is -0.381 e. The Morgan fingerprint density at radius 2 is 1.85 bits per heavy atom. The lowest BCUT2D eigenvalue weighted by Crippen LogP contribution is -2.69. The number of nitrogens with one attached hydrogen (secondary N) is 1. The fraction of sp³-hybridized carbons (Fsp3) is 1.00. The molecule has 1 heterocycles. The quantitative estimate of drug-likeness (QED) is 0.860. The highest BCUT2D eigenvalue weighted by Crippen LogP contribution is 2.38. The second kappa shape index (κ2) is 5.94. The van der Waals surface area contributed by atoms with Gasteiger partial charge >= 0.3 is 0 Å². The summed E-state index contributed by atoms with van der Waals surface area (Å²) in [6, 6.07) is 1.48. The van der Waals surface area contributed by atoms with E-state index >= 15 is 0 Å². The van der Waals surface area contributed by atoms with Crippen LogP contribution in [0.15, 0.2) is 0 Å². The van der Waals surface area contributed by atoms with Crippen molar-refractivity contribution in [3.63, 3.8) is 0 Å². The largest absolute Gasteiger partial charge is 0.381 e. The molecule has 0 radical (unpaired) electrons. The van der Waals surface area contributed by atoms with Gasteiger partial charge in [0.15, 0.2) is 0 Å². The molecule has 116 valence electrons. The second-order valence-electron chi connectivity index (χ2n) is 7.69. The molecule has 2 saturated carbocycles. The summed E-state index contributed by atoms with van der Waals surface area (Å²) in [5.74, 6) is 0.741. The molecule has 1 atom stereocenters. The zero-order valence-electron chi connectivity index (χ0n) is 13.5. The van der Waals surface area contributed by atoms with Crippen molar-refractivity contribution in [2.75, 3.05) is 20.2 Å². The molecule has 1 saturated heterocycles. The zero-order valence-corrected chi connectivity index (χ0v) is 13.5. The molecule has 3 rings (SSSR count). The van der Waals surface area contributed by atoms with E-state index in [9.17, 15) is 0 Å². The number of hydrogen-bond acceptors (Lipinski definition) is 3. The van der Waals surface area contributed by atoms with E-state index in [1.54, 1.807) is 0 Å². The van der Waals surface area contributed by atoms with Gasteiger partial charge in [-0.1, -0.05) is 33.1 Å². The number of ether oxygens (including phenoxy) is 1. The fourth-order valence-corrected chi connectivity index (χ4v) is 4.54. The maximum atomic E-state index is 5.50. The molecular weight excluding hydrogens is 248 g/mol. The van der Waals surface area contributed by atoms with Crippen molar-refractivity contribution in [2.24, 2.45) is 5.92 Å². The summed E-state index contributed by atoms with van der Waals surface area (Å²) in [4.78, 5) is 2.85. The number of rotatable bonds is 3. The molecule has 20 heavy (non-hydrogen) atoms. The number of nitrogens with zero attached hydrogens (tertiary/aromatic N) is 1. The first-order chi connectivity index (χ1) is 9.63. The lowest BCUT2D eigenvalue weighted by atomic mass is 9.76. The highest BCUT2D eigenvalue weighted by atomic mass is 16.5. The van der Waals surface area contributed by atoms with E-state index in [-0.39, 0.29) is 0 Å². The van der Waals surface area contributed by atoms with Crippen molar-refractivity contribution in [3.8, 4) is 0 Å². The van der Waals surface area contributed by atoms with Crippen LogP contribution in [0.4, 0.5) is 0 Å². The van der Waals surface area contributed by atoms with Crippen molar-refractivity contribution in [1.29, 1.82) is 0 Å². The van der Waals surface area contributed by atoms with E-state index in [1.807, 2.05) is 7.11 Å². The predicted molar refractivity (Wildman–Crippen MR) is 83.0 cm³/mol. The predicted octanol–water partition coefficient (Wildman–Crippen LogP) is 2.80. The average Bonchev–Trinajstić information content (AvgIpc) is 2.38. The highest BCUT2D eigenvalue weighted by molar-refractivity contribution is 5.04. The number of piperazine rings is 1. The zero-order chi connectivity index (χ0) is 14.2. The molecule has 1 N–H and O–H groups in total. The second-order valence-corrected chi connectivity index (χ2v) is 7.69. The molecule has 1 unspecified atom stereocenters. The third-order valence-corrected chi connectivity index (χ3v) is 6.05. The average molecular weight is 280 g/mol. The van der Waals surface area contributed by atoms with Gasteiger partial charge in [0.2, 0.25) is 0 Å². The Balaban J connectivity index is 1.68. The Morgan fingerprint density at radius 3 is 2.45 bits per heavy atom. The van der Waals surface area contributed by atoms with Crippen molar-refractivity contribution in [2.45, 2.75) is 82.5 Å². The lowest BCUT2D eigenvalue weighted by molar-refractivity contribution is -0.0752. The van der Waals surface area contributed by atoms with E-state index in [4.69, 9.17) is 4.74 Å². The molecule has 0 amide bonds. The third-order valence-electron chi connectivity index (χ3n) is 6.05. The topological polar surface area (TPSA) is 24.5 Å². The van der Waals surface area contributed by atoms with Crippen LogP contribution in [-0.2, 0) is 4.74 Å². The minimum atomic E-state index is 0.432. The Kier molecular flexibility index (Phi) is 4.40. The normalized spacial score (nSPS) is 38.1. The van der Waals surface area contributed by atoms with Gasteiger partial charge in [-0.05, 0) is 31.6 Å². The van der Waals surface area contributed by atoms with Gasteiger partial charge in [-0.2, -0.15) is 0 Å². The molecule has 3 heteroatoms. The Morgan fingerprint density at radius 1 is 1.15 bits per heavy atom. The fourth-order valence-electron chi connectivity index (χ4n) is 4.54. The van der Waals surface area contributed by atoms with Crippen molar-refractivity contribution in [1.82, 2.24) is 10.2 Å². The van der Waals surface area contributed by atoms with Gasteiger partial charge in [0.05, 0.1) is 6.10 Å². The molecule has 3 fully saturated rings. The molecule has 1 spiro atoms. The summed E-state index contributed by atoms with van der Waals surface area (Å²) < 4.78 is 5.50. The molecule has 2 aliphatic carbocycles. The van der Waals surface area contributed by atoms with Gasteiger partial charge in [0.1, 0.15) is 0 Å². The Bertz CT molecular complexity index is 319. The van der Waals surface area contributed by atoms with Gasteiger partial charge in [0, 0.05) is 37.8 Å². The maximum Gasteiger partial charge on any atom is 0.0601 e. The molecule has 0 aromatic rings. The molecule has 1 aliphatic heterocycles. The van der Waals surface area contributed by atoms with Gasteiger partial charge in [-0.25, -0.2) is 0 Å². The molecular formula is C17H32N2O. The summed E-state index contributed by atoms with van der Waals surface area (Å²) in [5, 5.41) is 3.95. The van der Waals surface area contributed by atoms with Crippen LogP contribution >= 0.6 is 0 Å². The maximum absolute atomic E-state index is 5.50.